The molecule has 42 heavy (non-hydrogen) atoms. The number of pyridine rings is 2. The number of carbonyl (C=O) groups is 2. The van der Waals surface area contributed by atoms with E-state index < -0.39 is 11.9 Å². The number of hydrogen-bond acceptors (Lipinski definition) is 10. The molecule has 0 unspecified atom stereocenters. The average molecular weight is 572 g/mol. The van der Waals surface area contributed by atoms with Crippen molar-refractivity contribution in [3.05, 3.63) is 72.8 Å². The molecule has 0 spiro atoms. The van der Waals surface area contributed by atoms with E-state index in [-0.39, 0.29) is 13.2 Å². The van der Waals surface area contributed by atoms with E-state index in [1.807, 2.05) is 53.1 Å². The normalized spacial score (nSPS) is 12.9. The van der Waals surface area contributed by atoms with Crippen LogP contribution in [0.4, 0.5) is 11.6 Å². The lowest BCUT2D eigenvalue weighted by molar-refractivity contribution is -0.135. The van der Waals surface area contributed by atoms with Crippen LogP contribution in [0, 0.1) is 0 Å². The van der Waals surface area contributed by atoms with Gasteiger partial charge in [0.25, 0.3) is 5.97 Å². The van der Waals surface area contributed by atoms with E-state index in [4.69, 9.17) is 34.4 Å². The van der Waals surface area contributed by atoms with Crippen LogP contribution in [0.3, 0.4) is 0 Å². The van der Waals surface area contributed by atoms with Crippen molar-refractivity contribution in [3.63, 3.8) is 0 Å². The number of ether oxygens (including phenoxy) is 2. The maximum atomic E-state index is 10.8. The van der Waals surface area contributed by atoms with Gasteiger partial charge >= 0.3 is 5.97 Å². The Balaban J connectivity index is 0.000000830. The van der Waals surface area contributed by atoms with Crippen molar-refractivity contribution in [2.24, 2.45) is 0 Å². The summed E-state index contributed by atoms with van der Waals surface area (Å²) in [5.74, 6) is 0.00132. The van der Waals surface area contributed by atoms with E-state index in [9.17, 15) is 4.79 Å². The number of benzene rings is 1. The molecule has 1 aliphatic rings. The number of nitrogens with one attached hydrogen (secondary N) is 1. The predicted octanol–water partition coefficient (Wildman–Crippen LogP) is 3.34. The predicted molar refractivity (Wildman–Crippen MR) is 155 cm³/mol. The Bertz CT molecular complexity index is 1700. The van der Waals surface area contributed by atoms with Crippen LogP contribution in [0.5, 0.6) is 5.88 Å². The number of carboxylic acid groups (broad SMARTS) is 2. The molecule has 0 atom stereocenters. The van der Waals surface area contributed by atoms with Crippen molar-refractivity contribution in [2.75, 3.05) is 43.1 Å². The molecule has 4 aromatic heterocycles. The summed E-state index contributed by atoms with van der Waals surface area (Å²) >= 11 is 0. The molecule has 3 N–H and O–H groups in total. The standard InChI is InChI=1S/C27H25N7O4.C2H4O2/c35-25(36)15-29-23-7-5-19(13-28-23)22-14-30-26(33-9-11-37-12-10-33)27-31-20(16-34(22)27)17-38-24-8-6-18-3-1-2-4-21(18)32-24;1-2(3)4/h1-8,13-14,16H,9-12,15,17H2,(H,28,29)(H,35,36);1H3,(H,3,4). The molecule has 0 amide bonds. The number of imidazole rings is 1. The number of anilines is 2. The summed E-state index contributed by atoms with van der Waals surface area (Å²) in [5.41, 5.74) is 3.93. The number of fused-ring (bicyclic) bond motifs is 2. The Morgan fingerprint density at radius 3 is 2.52 bits per heavy atom. The van der Waals surface area contributed by atoms with Crippen LogP contribution >= 0.6 is 0 Å². The highest BCUT2D eigenvalue weighted by Gasteiger charge is 2.20. The van der Waals surface area contributed by atoms with Gasteiger partial charge in [-0.3, -0.25) is 14.0 Å². The summed E-state index contributed by atoms with van der Waals surface area (Å²) in [5, 5.41) is 20.1. The minimum Gasteiger partial charge on any atom is -0.481 e. The lowest BCUT2D eigenvalue weighted by atomic mass is 10.2. The van der Waals surface area contributed by atoms with Crippen molar-refractivity contribution >= 4 is 40.1 Å². The van der Waals surface area contributed by atoms with E-state index in [2.05, 4.69) is 20.2 Å². The average Bonchev–Trinajstić information content (AvgIpc) is 3.43. The van der Waals surface area contributed by atoms with Gasteiger partial charge in [0.2, 0.25) is 5.88 Å². The molecule has 1 fully saturated rings. The van der Waals surface area contributed by atoms with Crippen LogP contribution in [0.15, 0.2) is 67.1 Å². The molecule has 5 aromatic rings. The van der Waals surface area contributed by atoms with E-state index in [0.717, 1.165) is 53.7 Å². The first-order valence-electron chi connectivity index (χ1n) is 13.2. The Morgan fingerprint density at radius 2 is 1.79 bits per heavy atom. The molecule has 1 aromatic carbocycles. The zero-order valence-electron chi connectivity index (χ0n) is 22.8. The summed E-state index contributed by atoms with van der Waals surface area (Å²) < 4.78 is 13.5. The van der Waals surface area contributed by atoms with Crippen LogP contribution in [-0.2, 0) is 20.9 Å². The maximum absolute atomic E-state index is 10.8. The number of carboxylic acids is 2. The fourth-order valence-corrected chi connectivity index (χ4v) is 4.39. The molecule has 0 radical (unpaired) electrons. The second-order valence-electron chi connectivity index (χ2n) is 9.32. The quantitative estimate of drug-likeness (QED) is 0.249. The SMILES string of the molecule is CC(=O)O.O=C(O)CNc1ccc(-c2cnc(N3CCOCC3)c3nc(COc4ccc5ccccc5n4)cn23)cn1. The van der Waals surface area contributed by atoms with Crippen LogP contribution in [0.2, 0.25) is 0 Å². The van der Waals surface area contributed by atoms with Gasteiger partial charge in [-0.05, 0) is 24.3 Å². The molecule has 1 saturated heterocycles. The number of nitrogens with zero attached hydrogens (tertiary/aromatic N) is 6. The monoisotopic (exact) mass is 571 g/mol. The van der Waals surface area contributed by atoms with Gasteiger partial charge in [-0.2, -0.15) is 0 Å². The third-order valence-corrected chi connectivity index (χ3v) is 6.26. The van der Waals surface area contributed by atoms with Gasteiger partial charge in [0.15, 0.2) is 11.5 Å². The van der Waals surface area contributed by atoms with E-state index in [1.54, 1.807) is 18.5 Å². The van der Waals surface area contributed by atoms with Gasteiger partial charge in [0.05, 0.1) is 36.3 Å². The molecular weight excluding hydrogens is 542 g/mol. The molecule has 1 aliphatic heterocycles. The highest BCUT2D eigenvalue weighted by Crippen LogP contribution is 2.27. The summed E-state index contributed by atoms with van der Waals surface area (Å²) in [6, 6.07) is 15.4. The van der Waals surface area contributed by atoms with Crippen molar-refractivity contribution in [2.45, 2.75) is 13.5 Å². The molecule has 0 aliphatic carbocycles. The molecule has 13 heteroatoms. The minimum absolute atomic E-state index is 0.205. The molecule has 5 heterocycles. The van der Waals surface area contributed by atoms with Crippen LogP contribution in [0.25, 0.3) is 27.8 Å². The van der Waals surface area contributed by atoms with Crippen molar-refractivity contribution in [1.82, 2.24) is 24.3 Å². The lowest BCUT2D eigenvalue weighted by Gasteiger charge is -2.28. The minimum atomic E-state index is -0.951. The fraction of sp³-hybridized carbons (Fsp3) is 0.241. The van der Waals surface area contributed by atoms with E-state index >= 15 is 0 Å². The van der Waals surface area contributed by atoms with Crippen molar-refractivity contribution in [3.8, 4) is 17.1 Å². The van der Waals surface area contributed by atoms with Crippen molar-refractivity contribution in [1.29, 1.82) is 0 Å². The Hall–Kier alpha value is -5.30. The molecule has 6 rings (SSSR count). The van der Waals surface area contributed by atoms with E-state index in [0.29, 0.717) is 30.6 Å². The fourth-order valence-electron chi connectivity index (χ4n) is 4.39. The van der Waals surface area contributed by atoms with Gasteiger partial charge in [0, 0.05) is 49.4 Å². The Labute approximate surface area is 240 Å². The first kappa shape index (κ1) is 28.2. The third kappa shape index (κ3) is 6.88. The zero-order valence-corrected chi connectivity index (χ0v) is 22.8. The lowest BCUT2D eigenvalue weighted by Crippen LogP contribution is -2.37. The van der Waals surface area contributed by atoms with Gasteiger partial charge < -0.3 is 29.9 Å². The van der Waals surface area contributed by atoms with Gasteiger partial charge in [0.1, 0.15) is 19.0 Å². The molecule has 0 bridgehead atoms. The summed E-state index contributed by atoms with van der Waals surface area (Å²) in [6.07, 6.45) is 5.43. The topological polar surface area (TPSA) is 164 Å². The van der Waals surface area contributed by atoms with Gasteiger partial charge in [-0.15, -0.1) is 0 Å². The summed E-state index contributed by atoms with van der Waals surface area (Å²) in [6.45, 7) is 3.85. The number of rotatable bonds is 8. The second-order valence-corrected chi connectivity index (χ2v) is 9.32. The summed E-state index contributed by atoms with van der Waals surface area (Å²) in [7, 11) is 0. The third-order valence-electron chi connectivity index (χ3n) is 6.26. The van der Waals surface area contributed by atoms with Crippen LogP contribution in [0.1, 0.15) is 12.6 Å². The number of para-hydroxylation sites is 1. The zero-order chi connectivity index (χ0) is 29.5. The highest BCUT2D eigenvalue weighted by molar-refractivity contribution is 5.79. The number of aliphatic carboxylic acids is 2. The van der Waals surface area contributed by atoms with Crippen LogP contribution < -0.4 is 15.0 Å². The Morgan fingerprint density at radius 1 is 1.00 bits per heavy atom. The molecular formula is C29H29N7O6. The molecule has 216 valence electrons. The Kier molecular flexibility index (Phi) is 8.68. The first-order chi connectivity index (χ1) is 20.4. The van der Waals surface area contributed by atoms with Crippen molar-refractivity contribution < 1.29 is 29.3 Å². The molecule has 0 saturated carbocycles. The maximum Gasteiger partial charge on any atom is 0.322 e. The first-order valence-corrected chi connectivity index (χ1v) is 13.2. The second kappa shape index (κ2) is 12.9. The number of morpholine rings is 1. The van der Waals surface area contributed by atoms with E-state index in [1.165, 1.54) is 0 Å². The van der Waals surface area contributed by atoms with Gasteiger partial charge in [-0.1, -0.05) is 18.2 Å². The van der Waals surface area contributed by atoms with Gasteiger partial charge in [-0.25, -0.2) is 19.9 Å². The largest absolute Gasteiger partial charge is 0.481 e. The number of hydrogen-bond donors (Lipinski definition) is 3. The summed E-state index contributed by atoms with van der Waals surface area (Å²) in [4.78, 5) is 40.6. The molecule has 13 nitrogen and oxygen atoms in total. The highest BCUT2D eigenvalue weighted by atomic mass is 16.5. The number of aromatic nitrogens is 5. The smallest absolute Gasteiger partial charge is 0.322 e. The van der Waals surface area contributed by atoms with Crippen LogP contribution in [-0.4, -0.2) is 79.3 Å².